The van der Waals surface area contributed by atoms with E-state index in [2.05, 4.69) is 20.3 Å². The fourth-order valence-electron chi connectivity index (χ4n) is 6.32. The summed E-state index contributed by atoms with van der Waals surface area (Å²) >= 11 is 0. The Hall–Kier alpha value is -5.49. The molecule has 3 N–H and O–H groups in total. The number of rotatable bonds is 12. The van der Waals surface area contributed by atoms with Gasteiger partial charge in [0.1, 0.15) is 29.4 Å². The van der Waals surface area contributed by atoms with Crippen LogP contribution in [-0.2, 0) is 21.6 Å². The van der Waals surface area contributed by atoms with Gasteiger partial charge >= 0.3 is 0 Å². The average Bonchev–Trinajstić information content (AvgIpc) is 3.75. The zero-order chi connectivity index (χ0) is 33.8. The van der Waals surface area contributed by atoms with Crippen LogP contribution in [-0.4, -0.2) is 57.7 Å². The topological polar surface area (TPSA) is 133 Å². The van der Waals surface area contributed by atoms with Crippen molar-refractivity contribution < 1.29 is 24.1 Å². The van der Waals surface area contributed by atoms with Crippen LogP contribution in [0.5, 0.6) is 11.5 Å². The summed E-state index contributed by atoms with van der Waals surface area (Å²) in [5.74, 6) is 1.75. The Labute approximate surface area is 283 Å². The molecule has 0 bridgehead atoms. The van der Waals surface area contributed by atoms with Gasteiger partial charge in [0.25, 0.3) is 5.56 Å². The Morgan fingerprint density at radius 3 is 2.08 bits per heavy atom. The average molecular weight is 660 g/mol. The number of nitrogens with one attached hydrogen (secondary N) is 2. The minimum absolute atomic E-state index is 0.0507. The number of benzene rings is 4. The van der Waals surface area contributed by atoms with E-state index in [1.54, 1.807) is 18.8 Å². The Bertz CT molecular complexity index is 2000. The van der Waals surface area contributed by atoms with Crippen LogP contribution in [0.2, 0.25) is 0 Å². The lowest BCUT2D eigenvalue weighted by molar-refractivity contribution is -0.0931. The van der Waals surface area contributed by atoms with Crippen molar-refractivity contribution in [3.8, 4) is 11.5 Å². The van der Waals surface area contributed by atoms with E-state index in [0.29, 0.717) is 18.1 Å². The van der Waals surface area contributed by atoms with Crippen LogP contribution in [0.25, 0.3) is 11.2 Å². The van der Waals surface area contributed by atoms with Crippen LogP contribution in [0.1, 0.15) is 34.9 Å². The molecule has 3 heterocycles. The van der Waals surface area contributed by atoms with E-state index in [-0.39, 0.29) is 24.1 Å². The summed E-state index contributed by atoms with van der Waals surface area (Å²) in [4.78, 5) is 24.7. The Morgan fingerprint density at radius 2 is 1.47 bits per heavy atom. The van der Waals surface area contributed by atoms with Gasteiger partial charge in [-0.15, -0.1) is 0 Å². The zero-order valence-electron chi connectivity index (χ0n) is 27.2. The van der Waals surface area contributed by atoms with Gasteiger partial charge in [-0.2, -0.15) is 4.98 Å². The Kier molecular flexibility index (Phi) is 9.12. The number of H-pyrrole nitrogens is 1. The van der Waals surface area contributed by atoms with Crippen LogP contribution < -0.4 is 20.3 Å². The summed E-state index contributed by atoms with van der Waals surface area (Å²) in [5.41, 5.74) is 2.77. The number of nitrogens with zero attached hydrogens (tertiary/aromatic N) is 3. The minimum atomic E-state index is -1.07. The molecule has 1 saturated heterocycles. The number of aromatic amines is 1. The first-order valence-corrected chi connectivity index (χ1v) is 16.0. The molecule has 0 amide bonds. The van der Waals surface area contributed by atoms with Crippen LogP contribution in [0.3, 0.4) is 0 Å². The lowest BCUT2D eigenvalue weighted by Gasteiger charge is -2.37. The van der Waals surface area contributed by atoms with Gasteiger partial charge in [0.15, 0.2) is 11.2 Å². The summed E-state index contributed by atoms with van der Waals surface area (Å²) in [6, 6.07) is 35.3. The first kappa shape index (κ1) is 32.1. The van der Waals surface area contributed by atoms with E-state index in [1.807, 2.05) is 109 Å². The number of ether oxygens (including phenoxy) is 4. The van der Waals surface area contributed by atoms with Crippen LogP contribution in [0, 0.1) is 0 Å². The van der Waals surface area contributed by atoms with Gasteiger partial charge in [-0.1, -0.05) is 84.9 Å². The largest absolute Gasteiger partial charge is 0.497 e. The predicted octanol–water partition coefficient (Wildman–Crippen LogP) is 5.41. The van der Waals surface area contributed by atoms with E-state index in [9.17, 15) is 9.90 Å². The third-order valence-corrected chi connectivity index (χ3v) is 8.89. The molecule has 3 atom stereocenters. The van der Waals surface area contributed by atoms with Gasteiger partial charge < -0.3 is 29.4 Å². The predicted molar refractivity (Wildman–Crippen MR) is 185 cm³/mol. The maximum Gasteiger partial charge on any atom is 0.280 e. The highest BCUT2D eigenvalue weighted by Gasteiger charge is 2.42. The van der Waals surface area contributed by atoms with Crippen LogP contribution in [0.15, 0.2) is 120 Å². The van der Waals surface area contributed by atoms with E-state index >= 15 is 0 Å². The van der Waals surface area contributed by atoms with Crippen molar-refractivity contribution in [2.24, 2.45) is 0 Å². The van der Waals surface area contributed by atoms with Crippen molar-refractivity contribution in [1.29, 1.82) is 0 Å². The quantitative estimate of drug-likeness (QED) is 0.148. The maximum atomic E-state index is 12.9. The first-order valence-electron chi connectivity index (χ1n) is 16.0. The lowest BCUT2D eigenvalue weighted by atomic mass is 9.80. The highest BCUT2D eigenvalue weighted by molar-refractivity contribution is 5.71. The second kappa shape index (κ2) is 13.9. The second-order valence-corrected chi connectivity index (χ2v) is 11.8. The molecule has 11 nitrogen and oxygen atoms in total. The highest BCUT2D eigenvalue weighted by atomic mass is 16.6. The summed E-state index contributed by atoms with van der Waals surface area (Å²) in [6.07, 6.45) is -0.403. The van der Waals surface area contributed by atoms with Crippen molar-refractivity contribution in [3.05, 3.63) is 148 Å². The molecule has 1 aliphatic heterocycles. The molecule has 1 aliphatic rings. The highest BCUT2D eigenvalue weighted by Crippen LogP contribution is 2.43. The molecule has 2 aromatic heterocycles. The minimum Gasteiger partial charge on any atom is -0.497 e. The third kappa shape index (κ3) is 6.39. The van der Waals surface area contributed by atoms with Gasteiger partial charge in [0, 0.05) is 13.0 Å². The standard InChI is InChI=1S/C38H37N5O6/c1-46-29-17-13-27(14-18-29)38(26-11-7-4-8-12-26,28-15-19-30(47-2)20-16-28)48-23-32-31(44)21-33(49-32)43-24-40-34-35(43)41-37(42-36(34)45)39-22-25-9-5-3-6-10-25/h3-20,24,31-33,44H,21-23H2,1-2H3,(H2,39,41,42,45)/t31-,32+,33+/m0/s1. The molecule has 7 rings (SSSR count). The second-order valence-electron chi connectivity index (χ2n) is 11.8. The summed E-state index contributed by atoms with van der Waals surface area (Å²) in [5, 5.41) is 14.5. The number of hydrogen-bond donors (Lipinski definition) is 3. The van der Waals surface area contributed by atoms with Crippen LogP contribution in [0.4, 0.5) is 5.95 Å². The molecular formula is C38H37N5O6. The maximum absolute atomic E-state index is 12.9. The fraction of sp³-hybridized carbons (Fsp3) is 0.237. The van der Waals surface area contributed by atoms with Gasteiger partial charge in [0.05, 0.1) is 33.3 Å². The normalized spacial score (nSPS) is 17.7. The van der Waals surface area contributed by atoms with Crippen molar-refractivity contribution in [3.63, 3.8) is 0 Å². The molecule has 4 aromatic carbocycles. The van der Waals surface area contributed by atoms with E-state index in [0.717, 1.165) is 33.8 Å². The third-order valence-electron chi connectivity index (χ3n) is 8.89. The van der Waals surface area contributed by atoms with Gasteiger partial charge in [0.2, 0.25) is 5.95 Å². The summed E-state index contributed by atoms with van der Waals surface area (Å²) in [6.45, 7) is 0.530. The number of methoxy groups -OCH3 is 2. The number of hydrogen-bond acceptors (Lipinski definition) is 9. The Balaban J connectivity index is 1.18. The number of imidazole rings is 1. The Morgan fingerprint density at radius 1 is 0.878 bits per heavy atom. The molecule has 0 radical (unpaired) electrons. The smallest absolute Gasteiger partial charge is 0.280 e. The molecule has 1 fully saturated rings. The summed E-state index contributed by atoms with van der Waals surface area (Å²) < 4.78 is 26.0. The molecular weight excluding hydrogens is 622 g/mol. The van der Waals surface area contributed by atoms with Crippen molar-refractivity contribution in [2.45, 2.75) is 37.0 Å². The number of aliphatic hydroxyl groups is 1. The SMILES string of the molecule is COc1ccc(C(OC[C@H]2O[C@@H](n3cnc4c(=O)[nH]c(NCc5ccccc5)nc43)C[C@@H]2O)(c2ccccc2)c2ccc(OC)cc2)cc1. The molecule has 11 heteroatoms. The van der Waals surface area contributed by atoms with E-state index in [4.69, 9.17) is 18.9 Å². The first-order chi connectivity index (χ1) is 24.0. The van der Waals surface area contributed by atoms with E-state index < -0.39 is 24.0 Å². The number of anilines is 1. The van der Waals surface area contributed by atoms with Gasteiger partial charge in [-0.25, -0.2) is 4.98 Å². The lowest BCUT2D eigenvalue weighted by Crippen LogP contribution is -2.38. The molecule has 49 heavy (non-hydrogen) atoms. The summed E-state index contributed by atoms with van der Waals surface area (Å²) in [7, 11) is 3.26. The molecule has 0 unspecified atom stereocenters. The van der Waals surface area contributed by atoms with Crippen molar-refractivity contribution in [1.82, 2.24) is 19.5 Å². The molecule has 0 spiro atoms. The number of fused-ring (bicyclic) bond motifs is 1. The molecule has 250 valence electrons. The van der Waals surface area contributed by atoms with Crippen LogP contribution >= 0.6 is 0 Å². The van der Waals surface area contributed by atoms with Crippen molar-refractivity contribution >= 4 is 17.1 Å². The van der Waals surface area contributed by atoms with Crippen molar-refractivity contribution in [2.75, 3.05) is 26.1 Å². The zero-order valence-corrected chi connectivity index (χ0v) is 27.2. The number of aromatic nitrogens is 4. The van der Waals surface area contributed by atoms with E-state index in [1.165, 1.54) is 6.33 Å². The number of aliphatic hydroxyl groups excluding tert-OH is 1. The fourth-order valence-corrected chi connectivity index (χ4v) is 6.32. The molecule has 0 saturated carbocycles. The molecule has 0 aliphatic carbocycles. The monoisotopic (exact) mass is 659 g/mol. The van der Waals surface area contributed by atoms with Gasteiger partial charge in [-0.3, -0.25) is 14.3 Å². The van der Waals surface area contributed by atoms with Gasteiger partial charge in [-0.05, 0) is 46.5 Å². The molecule has 6 aromatic rings.